The number of hydrogen-bond acceptors (Lipinski definition) is 3. The third kappa shape index (κ3) is 1.82. The standard InChI is InChI=1S/C12H9BrN4/c1-7-9(13)6-10-12(15-7)17-11(16-10)8-2-4-14-5-3-8/h2-6H,1H3,(H,15,16,17). The number of aromatic nitrogens is 4. The summed E-state index contributed by atoms with van der Waals surface area (Å²) in [7, 11) is 0. The van der Waals surface area contributed by atoms with Crippen molar-refractivity contribution in [2.45, 2.75) is 6.92 Å². The molecular weight excluding hydrogens is 280 g/mol. The number of fused-ring (bicyclic) bond motifs is 1. The van der Waals surface area contributed by atoms with Gasteiger partial charge in [0.25, 0.3) is 0 Å². The molecule has 0 aromatic carbocycles. The first kappa shape index (κ1) is 10.4. The van der Waals surface area contributed by atoms with Crippen molar-refractivity contribution in [1.82, 2.24) is 19.9 Å². The van der Waals surface area contributed by atoms with Gasteiger partial charge in [-0.3, -0.25) is 4.98 Å². The summed E-state index contributed by atoms with van der Waals surface area (Å²) < 4.78 is 0.981. The van der Waals surface area contributed by atoms with Crippen LogP contribution in [0.5, 0.6) is 0 Å². The SMILES string of the molecule is Cc1nc2nc(-c3ccncc3)[nH]c2cc1Br. The van der Waals surface area contributed by atoms with Gasteiger partial charge in [0.15, 0.2) is 5.65 Å². The maximum absolute atomic E-state index is 4.47. The smallest absolute Gasteiger partial charge is 0.178 e. The molecule has 84 valence electrons. The van der Waals surface area contributed by atoms with Crippen molar-refractivity contribution in [1.29, 1.82) is 0 Å². The van der Waals surface area contributed by atoms with Crippen LogP contribution in [0.4, 0.5) is 0 Å². The highest BCUT2D eigenvalue weighted by atomic mass is 79.9. The van der Waals surface area contributed by atoms with Crippen LogP contribution in [0.25, 0.3) is 22.6 Å². The van der Waals surface area contributed by atoms with Gasteiger partial charge in [0.2, 0.25) is 0 Å². The molecule has 3 aromatic rings. The Balaban J connectivity index is 2.21. The molecule has 0 aliphatic rings. The largest absolute Gasteiger partial charge is 0.337 e. The van der Waals surface area contributed by atoms with Crippen LogP contribution >= 0.6 is 15.9 Å². The van der Waals surface area contributed by atoms with Crippen molar-refractivity contribution in [2.75, 3.05) is 0 Å². The van der Waals surface area contributed by atoms with E-state index in [2.05, 4.69) is 35.9 Å². The van der Waals surface area contributed by atoms with Gasteiger partial charge in [-0.15, -0.1) is 0 Å². The molecule has 5 heteroatoms. The summed E-state index contributed by atoms with van der Waals surface area (Å²) >= 11 is 3.46. The summed E-state index contributed by atoms with van der Waals surface area (Å²) in [5, 5.41) is 0. The minimum Gasteiger partial charge on any atom is -0.337 e. The van der Waals surface area contributed by atoms with E-state index in [1.165, 1.54) is 0 Å². The van der Waals surface area contributed by atoms with Gasteiger partial charge >= 0.3 is 0 Å². The van der Waals surface area contributed by atoms with E-state index in [1.54, 1.807) is 12.4 Å². The zero-order valence-electron chi connectivity index (χ0n) is 9.11. The lowest BCUT2D eigenvalue weighted by molar-refractivity contribution is 1.20. The first-order valence-electron chi connectivity index (χ1n) is 5.17. The zero-order chi connectivity index (χ0) is 11.8. The number of halogens is 1. The molecule has 3 aromatic heterocycles. The Hall–Kier alpha value is -1.75. The van der Waals surface area contributed by atoms with Crippen LogP contribution in [-0.2, 0) is 0 Å². The summed E-state index contributed by atoms with van der Waals surface area (Å²) in [4.78, 5) is 16.1. The van der Waals surface area contributed by atoms with Gasteiger partial charge < -0.3 is 4.98 Å². The first-order chi connectivity index (χ1) is 8.24. The van der Waals surface area contributed by atoms with Crippen LogP contribution in [0.2, 0.25) is 0 Å². The molecule has 0 unspecified atom stereocenters. The molecule has 1 N–H and O–H groups in total. The van der Waals surface area contributed by atoms with Crippen LogP contribution in [0.15, 0.2) is 35.1 Å². The summed E-state index contributed by atoms with van der Waals surface area (Å²) in [5.41, 5.74) is 3.60. The molecule has 0 atom stereocenters. The van der Waals surface area contributed by atoms with E-state index in [-0.39, 0.29) is 0 Å². The second kappa shape index (κ2) is 3.92. The van der Waals surface area contributed by atoms with Gasteiger partial charge in [0, 0.05) is 22.4 Å². The molecule has 0 amide bonds. The average molecular weight is 289 g/mol. The van der Waals surface area contributed by atoms with Crippen LogP contribution in [-0.4, -0.2) is 19.9 Å². The highest BCUT2D eigenvalue weighted by Gasteiger charge is 2.07. The van der Waals surface area contributed by atoms with Crippen LogP contribution in [0.1, 0.15) is 5.69 Å². The predicted octanol–water partition coefficient (Wildman–Crippen LogP) is 3.09. The Morgan fingerprint density at radius 2 is 1.94 bits per heavy atom. The summed E-state index contributed by atoms with van der Waals surface area (Å²) in [6, 6.07) is 5.83. The van der Waals surface area contributed by atoms with E-state index < -0.39 is 0 Å². The molecule has 3 heterocycles. The van der Waals surface area contributed by atoms with E-state index in [9.17, 15) is 0 Å². The van der Waals surface area contributed by atoms with Crippen molar-refractivity contribution in [3.05, 3.63) is 40.8 Å². The van der Waals surface area contributed by atoms with Crippen molar-refractivity contribution in [2.24, 2.45) is 0 Å². The fraction of sp³-hybridized carbons (Fsp3) is 0.0833. The molecule has 0 radical (unpaired) electrons. The topological polar surface area (TPSA) is 54.5 Å². The molecule has 0 bridgehead atoms. The molecule has 0 fully saturated rings. The molecular formula is C12H9BrN4. The van der Waals surface area contributed by atoms with Crippen molar-refractivity contribution >= 4 is 27.1 Å². The Morgan fingerprint density at radius 3 is 2.71 bits per heavy atom. The normalized spacial score (nSPS) is 10.9. The number of aryl methyl sites for hydroxylation is 1. The zero-order valence-corrected chi connectivity index (χ0v) is 10.7. The molecule has 0 saturated carbocycles. The lowest BCUT2D eigenvalue weighted by Crippen LogP contribution is -1.83. The quantitative estimate of drug-likeness (QED) is 0.749. The highest BCUT2D eigenvalue weighted by molar-refractivity contribution is 9.10. The fourth-order valence-electron chi connectivity index (χ4n) is 1.65. The van der Waals surface area contributed by atoms with Gasteiger partial charge in [-0.2, -0.15) is 0 Å². The maximum atomic E-state index is 4.47. The maximum Gasteiger partial charge on any atom is 0.178 e. The van der Waals surface area contributed by atoms with Crippen molar-refractivity contribution in [3.8, 4) is 11.4 Å². The monoisotopic (exact) mass is 288 g/mol. The molecule has 3 rings (SSSR count). The molecule has 0 spiro atoms. The molecule has 4 nitrogen and oxygen atoms in total. The van der Waals surface area contributed by atoms with E-state index in [0.29, 0.717) is 0 Å². The van der Waals surface area contributed by atoms with Gasteiger partial charge in [-0.1, -0.05) is 0 Å². The lowest BCUT2D eigenvalue weighted by Gasteiger charge is -1.94. The van der Waals surface area contributed by atoms with E-state index >= 15 is 0 Å². The van der Waals surface area contributed by atoms with Crippen LogP contribution in [0.3, 0.4) is 0 Å². The predicted molar refractivity (Wildman–Crippen MR) is 69.6 cm³/mol. The van der Waals surface area contributed by atoms with E-state index in [4.69, 9.17) is 0 Å². The Morgan fingerprint density at radius 1 is 1.18 bits per heavy atom. The molecule has 17 heavy (non-hydrogen) atoms. The Bertz CT molecular complexity index is 637. The second-order valence-electron chi connectivity index (χ2n) is 3.75. The van der Waals surface area contributed by atoms with Gasteiger partial charge in [-0.05, 0) is 41.1 Å². The highest BCUT2D eigenvalue weighted by Crippen LogP contribution is 2.22. The average Bonchev–Trinajstić information content (AvgIpc) is 2.74. The van der Waals surface area contributed by atoms with Crippen molar-refractivity contribution in [3.63, 3.8) is 0 Å². The lowest BCUT2D eigenvalue weighted by atomic mass is 10.3. The van der Waals surface area contributed by atoms with E-state index in [1.807, 2.05) is 25.1 Å². The number of hydrogen-bond donors (Lipinski definition) is 1. The van der Waals surface area contributed by atoms with Crippen LogP contribution in [0, 0.1) is 6.92 Å². The number of H-pyrrole nitrogens is 1. The summed E-state index contributed by atoms with van der Waals surface area (Å²) in [6.45, 7) is 1.95. The molecule has 0 aliphatic carbocycles. The number of aromatic amines is 1. The Labute approximate surface area is 106 Å². The third-order valence-electron chi connectivity index (χ3n) is 2.56. The summed E-state index contributed by atoms with van der Waals surface area (Å²) in [6.07, 6.45) is 3.49. The van der Waals surface area contributed by atoms with Gasteiger partial charge in [0.05, 0.1) is 11.2 Å². The van der Waals surface area contributed by atoms with Crippen molar-refractivity contribution < 1.29 is 0 Å². The summed E-state index contributed by atoms with van der Waals surface area (Å²) in [5.74, 6) is 0.812. The first-order valence-corrected chi connectivity index (χ1v) is 5.96. The van der Waals surface area contributed by atoms with Crippen LogP contribution < -0.4 is 0 Å². The Kier molecular flexibility index (Phi) is 2.40. The number of nitrogens with zero attached hydrogens (tertiary/aromatic N) is 3. The number of nitrogens with one attached hydrogen (secondary N) is 1. The second-order valence-corrected chi connectivity index (χ2v) is 4.60. The number of imidazole rings is 1. The van der Waals surface area contributed by atoms with Gasteiger partial charge in [-0.25, -0.2) is 9.97 Å². The van der Waals surface area contributed by atoms with Gasteiger partial charge in [0.1, 0.15) is 5.82 Å². The third-order valence-corrected chi connectivity index (χ3v) is 3.36. The molecule has 0 aliphatic heterocycles. The van der Waals surface area contributed by atoms with E-state index in [0.717, 1.165) is 32.7 Å². The number of rotatable bonds is 1. The fourth-order valence-corrected chi connectivity index (χ4v) is 1.97. The minimum atomic E-state index is 0.734. The number of pyridine rings is 2. The molecule has 0 saturated heterocycles. The minimum absolute atomic E-state index is 0.734.